The second-order valence-corrected chi connectivity index (χ2v) is 4.09. The highest BCUT2D eigenvalue weighted by atomic mass is 32.2. The van der Waals surface area contributed by atoms with Crippen molar-refractivity contribution in [2.45, 2.75) is 11.7 Å². The maximum Gasteiger partial charge on any atom is 0.169 e. The van der Waals surface area contributed by atoms with Crippen molar-refractivity contribution in [1.29, 1.82) is 5.26 Å². The molecular formula is C12H11N3S. The van der Waals surface area contributed by atoms with Crippen LogP contribution in [0.4, 0.5) is 0 Å². The monoisotopic (exact) mass is 229 g/mol. The average Bonchev–Trinajstić information content (AvgIpc) is 2.72. The summed E-state index contributed by atoms with van der Waals surface area (Å²) in [6, 6.07) is 12.2. The summed E-state index contributed by atoms with van der Waals surface area (Å²) < 4.78 is 1.93. The Morgan fingerprint density at radius 3 is 2.75 bits per heavy atom. The van der Waals surface area contributed by atoms with Crippen LogP contribution in [0.3, 0.4) is 0 Å². The SMILES string of the molecule is CSc1ncc(C#N)n1Cc1ccccc1. The van der Waals surface area contributed by atoms with E-state index in [1.165, 1.54) is 5.56 Å². The molecule has 0 unspecified atom stereocenters. The van der Waals surface area contributed by atoms with Gasteiger partial charge in [0, 0.05) is 0 Å². The zero-order valence-electron chi connectivity index (χ0n) is 8.92. The minimum atomic E-state index is 0.605. The molecule has 0 saturated heterocycles. The molecule has 0 aliphatic carbocycles. The van der Waals surface area contributed by atoms with Gasteiger partial charge in [0.2, 0.25) is 0 Å². The Morgan fingerprint density at radius 2 is 2.12 bits per heavy atom. The van der Waals surface area contributed by atoms with E-state index in [1.807, 2.05) is 41.2 Å². The largest absolute Gasteiger partial charge is 0.306 e. The second kappa shape index (κ2) is 4.86. The first-order chi connectivity index (χ1) is 7.85. The van der Waals surface area contributed by atoms with E-state index in [9.17, 15) is 0 Å². The van der Waals surface area contributed by atoms with E-state index in [4.69, 9.17) is 5.26 Å². The lowest BCUT2D eigenvalue weighted by Gasteiger charge is -2.07. The number of benzene rings is 1. The summed E-state index contributed by atoms with van der Waals surface area (Å²) >= 11 is 1.55. The molecule has 80 valence electrons. The highest BCUT2D eigenvalue weighted by molar-refractivity contribution is 7.98. The lowest BCUT2D eigenvalue weighted by Crippen LogP contribution is -2.03. The zero-order chi connectivity index (χ0) is 11.4. The molecule has 16 heavy (non-hydrogen) atoms. The van der Waals surface area contributed by atoms with Gasteiger partial charge in [-0.1, -0.05) is 42.1 Å². The molecule has 4 heteroatoms. The van der Waals surface area contributed by atoms with Crippen LogP contribution in [-0.2, 0) is 6.54 Å². The molecule has 0 aliphatic rings. The second-order valence-electron chi connectivity index (χ2n) is 3.31. The molecule has 1 heterocycles. The van der Waals surface area contributed by atoms with Crippen molar-refractivity contribution in [3.05, 3.63) is 47.8 Å². The van der Waals surface area contributed by atoms with Gasteiger partial charge in [-0.2, -0.15) is 5.26 Å². The van der Waals surface area contributed by atoms with Gasteiger partial charge in [0.05, 0.1) is 12.7 Å². The minimum Gasteiger partial charge on any atom is -0.306 e. The van der Waals surface area contributed by atoms with Crippen molar-refractivity contribution in [3.63, 3.8) is 0 Å². The molecule has 0 atom stereocenters. The fraction of sp³-hybridized carbons (Fsp3) is 0.167. The third-order valence-electron chi connectivity index (χ3n) is 2.30. The van der Waals surface area contributed by atoms with Crippen LogP contribution in [0.15, 0.2) is 41.7 Å². The molecule has 1 aromatic carbocycles. The predicted molar refractivity (Wildman–Crippen MR) is 64.3 cm³/mol. The number of nitriles is 1. The molecule has 3 nitrogen and oxygen atoms in total. The van der Waals surface area contributed by atoms with Gasteiger partial charge in [-0.3, -0.25) is 0 Å². The molecule has 1 aromatic heterocycles. The number of rotatable bonds is 3. The Labute approximate surface area is 98.7 Å². The molecule has 0 radical (unpaired) electrons. The van der Waals surface area contributed by atoms with Crippen molar-refractivity contribution in [1.82, 2.24) is 9.55 Å². The zero-order valence-corrected chi connectivity index (χ0v) is 9.74. The van der Waals surface area contributed by atoms with Gasteiger partial charge in [-0.05, 0) is 11.8 Å². The van der Waals surface area contributed by atoms with Crippen molar-refractivity contribution in [2.24, 2.45) is 0 Å². The molecule has 0 N–H and O–H groups in total. The number of hydrogen-bond acceptors (Lipinski definition) is 3. The summed E-state index contributed by atoms with van der Waals surface area (Å²) in [7, 11) is 0. The van der Waals surface area contributed by atoms with Gasteiger partial charge in [0.25, 0.3) is 0 Å². The first-order valence-corrected chi connectivity index (χ1v) is 6.11. The summed E-state index contributed by atoms with van der Waals surface area (Å²) in [5.41, 5.74) is 1.78. The van der Waals surface area contributed by atoms with Crippen molar-refractivity contribution >= 4 is 11.8 Å². The topological polar surface area (TPSA) is 41.6 Å². The van der Waals surface area contributed by atoms with Gasteiger partial charge in [0.1, 0.15) is 11.8 Å². The Morgan fingerprint density at radius 1 is 1.38 bits per heavy atom. The van der Waals surface area contributed by atoms with Crippen LogP contribution in [0.25, 0.3) is 0 Å². The van der Waals surface area contributed by atoms with E-state index in [-0.39, 0.29) is 0 Å². The highest BCUT2D eigenvalue weighted by Gasteiger charge is 2.08. The van der Waals surface area contributed by atoms with E-state index in [0.717, 1.165) is 5.16 Å². The van der Waals surface area contributed by atoms with E-state index in [2.05, 4.69) is 11.1 Å². The Balaban J connectivity index is 2.34. The third kappa shape index (κ3) is 2.10. The molecule has 2 rings (SSSR count). The van der Waals surface area contributed by atoms with Gasteiger partial charge in [-0.15, -0.1) is 0 Å². The first-order valence-electron chi connectivity index (χ1n) is 4.88. The number of thioether (sulfide) groups is 1. The summed E-state index contributed by atoms with van der Waals surface area (Å²) in [6.45, 7) is 0.694. The lowest BCUT2D eigenvalue weighted by molar-refractivity contribution is 0.701. The molecule has 2 aromatic rings. The van der Waals surface area contributed by atoms with Crippen LogP contribution in [0.1, 0.15) is 11.3 Å². The number of aromatic nitrogens is 2. The maximum atomic E-state index is 8.99. The smallest absolute Gasteiger partial charge is 0.169 e. The fourth-order valence-corrected chi connectivity index (χ4v) is 2.07. The van der Waals surface area contributed by atoms with E-state index >= 15 is 0 Å². The van der Waals surface area contributed by atoms with Crippen molar-refractivity contribution < 1.29 is 0 Å². The Hall–Kier alpha value is -1.73. The van der Waals surface area contributed by atoms with Crippen LogP contribution in [-0.4, -0.2) is 15.8 Å². The van der Waals surface area contributed by atoms with E-state index in [0.29, 0.717) is 12.2 Å². The third-order valence-corrected chi connectivity index (χ3v) is 2.99. The van der Waals surface area contributed by atoms with E-state index < -0.39 is 0 Å². The van der Waals surface area contributed by atoms with Gasteiger partial charge in [-0.25, -0.2) is 4.98 Å². The summed E-state index contributed by atoms with van der Waals surface area (Å²) in [6.07, 6.45) is 3.58. The minimum absolute atomic E-state index is 0.605. The summed E-state index contributed by atoms with van der Waals surface area (Å²) in [4.78, 5) is 4.21. The molecule has 0 bridgehead atoms. The summed E-state index contributed by atoms with van der Waals surface area (Å²) in [5, 5.41) is 9.86. The van der Waals surface area contributed by atoms with Crippen molar-refractivity contribution in [3.8, 4) is 6.07 Å². The molecule has 0 spiro atoms. The molecule has 0 amide bonds. The van der Waals surface area contributed by atoms with Crippen LogP contribution in [0, 0.1) is 11.3 Å². The predicted octanol–water partition coefficient (Wildman–Crippen LogP) is 2.52. The fourth-order valence-electron chi connectivity index (χ4n) is 1.53. The quantitative estimate of drug-likeness (QED) is 0.759. The van der Waals surface area contributed by atoms with E-state index in [1.54, 1.807) is 18.0 Å². The number of hydrogen-bond donors (Lipinski definition) is 0. The van der Waals surface area contributed by atoms with Crippen LogP contribution in [0.5, 0.6) is 0 Å². The maximum absolute atomic E-state index is 8.99. The normalized spacial score (nSPS) is 10.0. The molecule has 0 fully saturated rings. The van der Waals surface area contributed by atoms with Crippen molar-refractivity contribution in [2.75, 3.05) is 6.26 Å². The van der Waals surface area contributed by atoms with Gasteiger partial charge in [0.15, 0.2) is 5.16 Å². The van der Waals surface area contributed by atoms with Gasteiger partial charge >= 0.3 is 0 Å². The summed E-state index contributed by atoms with van der Waals surface area (Å²) in [5.74, 6) is 0. The highest BCUT2D eigenvalue weighted by Crippen LogP contribution is 2.17. The van der Waals surface area contributed by atoms with Crippen LogP contribution in [0.2, 0.25) is 0 Å². The standard InChI is InChI=1S/C12H11N3S/c1-16-12-14-8-11(7-13)15(12)9-10-5-3-2-4-6-10/h2-6,8H,9H2,1H3. The Bertz CT molecular complexity index is 511. The molecular weight excluding hydrogens is 218 g/mol. The van der Waals surface area contributed by atoms with Crippen LogP contribution >= 0.6 is 11.8 Å². The van der Waals surface area contributed by atoms with Gasteiger partial charge < -0.3 is 4.57 Å². The van der Waals surface area contributed by atoms with Crippen LogP contribution < -0.4 is 0 Å². The first kappa shape index (κ1) is 10.8. The Kier molecular flexibility index (Phi) is 3.28. The lowest BCUT2D eigenvalue weighted by atomic mass is 10.2. The molecule has 0 saturated carbocycles. The molecule has 0 aliphatic heterocycles. The number of imidazole rings is 1. The average molecular weight is 229 g/mol. The number of nitrogens with zero attached hydrogens (tertiary/aromatic N) is 3.